The third-order valence-electron chi connectivity index (χ3n) is 2.68. The van der Waals surface area contributed by atoms with Crippen molar-refractivity contribution in [2.45, 2.75) is 45.7 Å². The summed E-state index contributed by atoms with van der Waals surface area (Å²) in [6.07, 6.45) is 0.216. The van der Waals surface area contributed by atoms with E-state index < -0.39 is 11.5 Å². The van der Waals surface area contributed by atoms with Gasteiger partial charge in [0.15, 0.2) is 0 Å². The highest BCUT2D eigenvalue weighted by Crippen LogP contribution is 2.16. The second-order valence-corrected chi connectivity index (χ2v) is 5.26. The van der Waals surface area contributed by atoms with Gasteiger partial charge in [0, 0.05) is 18.6 Å². The number of nitrogens with zero attached hydrogens (tertiary/aromatic N) is 3. The maximum Gasteiger partial charge on any atom is 0.323 e. The third kappa shape index (κ3) is 4.62. The molecule has 0 heterocycles. The van der Waals surface area contributed by atoms with Crippen molar-refractivity contribution in [3.05, 3.63) is 0 Å². The fraction of sp³-hybridized carbons (Fsp3) is 0.750. The predicted molar refractivity (Wildman–Crippen MR) is 66.9 cm³/mol. The molecule has 1 unspecified atom stereocenters. The number of carbonyl (C=O) groups is 2. The van der Waals surface area contributed by atoms with Crippen LogP contribution < -0.4 is 0 Å². The van der Waals surface area contributed by atoms with Crippen molar-refractivity contribution in [1.82, 2.24) is 9.80 Å². The highest BCUT2D eigenvalue weighted by molar-refractivity contribution is 5.80. The second-order valence-electron chi connectivity index (χ2n) is 5.26. The number of carboxylic acids is 1. The SMILES string of the molecule is CC(CC#N)N(C)C(=O)N(CC(=O)O)C(C)(C)C. The molecule has 0 aromatic heterocycles. The van der Waals surface area contributed by atoms with Gasteiger partial charge in [-0.05, 0) is 27.7 Å². The number of rotatable bonds is 4. The zero-order chi connectivity index (χ0) is 14.5. The smallest absolute Gasteiger partial charge is 0.323 e. The molecule has 0 aromatic carbocycles. The number of carbonyl (C=O) groups excluding carboxylic acids is 1. The van der Waals surface area contributed by atoms with Crippen LogP contribution >= 0.6 is 0 Å². The lowest BCUT2D eigenvalue weighted by molar-refractivity contribution is -0.138. The van der Waals surface area contributed by atoms with Crippen LogP contribution in [0.1, 0.15) is 34.1 Å². The van der Waals surface area contributed by atoms with Gasteiger partial charge in [-0.25, -0.2) is 4.79 Å². The van der Waals surface area contributed by atoms with Crippen LogP contribution in [0.5, 0.6) is 0 Å². The van der Waals surface area contributed by atoms with E-state index >= 15 is 0 Å². The molecule has 0 rings (SSSR count). The first-order valence-electron chi connectivity index (χ1n) is 5.74. The molecule has 2 amide bonds. The second kappa shape index (κ2) is 6.24. The number of aliphatic carboxylic acids is 1. The van der Waals surface area contributed by atoms with E-state index in [-0.39, 0.29) is 25.0 Å². The Kier molecular flexibility index (Phi) is 5.63. The Bertz CT molecular complexity index is 355. The summed E-state index contributed by atoms with van der Waals surface area (Å²) in [6, 6.07) is 1.36. The molecule has 0 saturated carbocycles. The minimum absolute atomic E-state index is 0.216. The summed E-state index contributed by atoms with van der Waals surface area (Å²) in [6.45, 7) is 6.72. The minimum atomic E-state index is -1.06. The molecule has 102 valence electrons. The Balaban J connectivity index is 4.97. The van der Waals surface area contributed by atoms with Crippen LogP contribution in [0.15, 0.2) is 0 Å². The van der Waals surface area contributed by atoms with Crippen molar-refractivity contribution in [3.63, 3.8) is 0 Å². The molecule has 0 bridgehead atoms. The number of hydrogen-bond donors (Lipinski definition) is 1. The lowest BCUT2D eigenvalue weighted by atomic mass is 10.1. The maximum absolute atomic E-state index is 12.2. The summed E-state index contributed by atoms with van der Waals surface area (Å²) in [5, 5.41) is 17.5. The van der Waals surface area contributed by atoms with Crippen LogP contribution in [0, 0.1) is 11.3 Å². The Morgan fingerprint density at radius 2 is 1.89 bits per heavy atom. The first-order valence-corrected chi connectivity index (χ1v) is 5.74. The van der Waals surface area contributed by atoms with Gasteiger partial charge in [-0.2, -0.15) is 5.26 Å². The van der Waals surface area contributed by atoms with Gasteiger partial charge in [0.25, 0.3) is 0 Å². The van der Waals surface area contributed by atoms with Crippen molar-refractivity contribution in [2.75, 3.05) is 13.6 Å². The van der Waals surface area contributed by atoms with Crippen LogP contribution in [0.25, 0.3) is 0 Å². The molecule has 6 heteroatoms. The van der Waals surface area contributed by atoms with Crippen molar-refractivity contribution in [3.8, 4) is 6.07 Å². The molecule has 1 N–H and O–H groups in total. The first-order chi connectivity index (χ1) is 8.11. The minimum Gasteiger partial charge on any atom is -0.480 e. The highest BCUT2D eigenvalue weighted by atomic mass is 16.4. The molecule has 0 aliphatic carbocycles. The molecule has 18 heavy (non-hydrogen) atoms. The number of urea groups is 1. The first kappa shape index (κ1) is 16.2. The molecular formula is C12H21N3O3. The summed E-state index contributed by atoms with van der Waals surface area (Å²) in [4.78, 5) is 25.7. The molecule has 0 spiro atoms. The number of nitriles is 1. The lowest BCUT2D eigenvalue weighted by Gasteiger charge is -2.38. The van der Waals surface area contributed by atoms with Gasteiger partial charge in [-0.1, -0.05) is 0 Å². The standard InChI is InChI=1S/C12H21N3O3/c1-9(6-7-13)14(5)11(18)15(8-10(16)17)12(2,3)4/h9H,6,8H2,1-5H3,(H,16,17). The van der Waals surface area contributed by atoms with E-state index in [2.05, 4.69) is 0 Å². The maximum atomic E-state index is 12.2. The van der Waals surface area contributed by atoms with E-state index in [1.54, 1.807) is 34.7 Å². The summed E-state index contributed by atoms with van der Waals surface area (Å²) in [5.41, 5.74) is -0.587. The Labute approximate surface area is 108 Å². The average molecular weight is 255 g/mol. The number of carboxylic acid groups (broad SMARTS) is 1. The van der Waals surface area contributed by atoms with E-state index in [9.17, 15) is 9.59 Å². The molecule has 0 radical (unpaired) electrons. The zero-order valence-electron chi connectivity index (χ0n) is 11.6. The normalized spacial score (nSPS) is 12.4. The van der Waals surface area contributed by atoms with E-state index in [0.717, 1.165) is 0 Å². The lowest BCUT2D eigenvalue weighted by Crippen LogP contribution is -2.54. The fourth-order valence-electron chi connectivity index (χ4n) is 1.37. The van der Waals surface area contributed by atoms with Gasteiger partial charge in [0.05, 0.1) is 12.5 Å². The summed E-state index contributed by atoms with van der Waals surface area (Å²) in [7, 11) is 1.57. The molecular weight excluding hydrogens is 234 g/mol. The summed E-state index contributed by atoms with van der Waals surface area (Å²) >= 11 is 0. The van der Waals surface area contributed by atoms with E-state index in [1.165, 1.54) is 9.80 Å². The van der Waals surface area contributed by atoms with Crippen LogP contribution in [-0.2, 0) is 4.79 Å². The average Bonchev–Trinajstić information content (AvgIpc) is 2.22. The third-order valence-corrected chi connectivity index (χ3v) is 2.68. The van der Waals surface area contributed by atoms with Crippen LogP contribution in [0.3, 0.4) is 0 Å². The molecule has 0 aromatic rings. The molecule has 6 nitrogen and oxygen atoms in total. The summed E-state index contributed by atoms with van der Waals surface area (Å²) in [5.74, 6) is -1.06. The predicted octanol–water partition coefficient (Wildman–Crippen LogP) is 1.53. The van der Waals surface area contributed by atoms with E-state index in [4.69, 9.17) is 10.4 Å². The Morgan fingerprint density at radius 3 is 2.22 bits per heavy atom. The van der Waals surface area contributed by atoms with Crippen molar-refractivity contribution < 1.29 is 14.7 Å². The quantitative estimate of drug-likeness (QED) is 0.825. The van der Waals surface area contributed by atoms with Crippen LogP contribution in [0.2, 0.25) is 0 Å². The molecule has 1 atom stereocenters. The van der Waals surface area contributed by atoms with Crippen LogP contribution in [-0.4, -0.2) is 52.1 Å². The Morgan fingerprint density at radius 1 is 1.39 bits per heavy atom. The largest absolute Gasteiger partial charge is 0.480 e. The molecule has 0 fully saturated rings. The van der Waals surface area contributed by atoms with Gasteiger partial charge in [0.2, 0.25) is 0 Å². The Hall–Kier alpha value is -1.77. The van der Waals surface area contributed by atoms with Gasteiger partial charge in [-0.15, -0.1) is 0 Å². The number of amides is 2. The molecule has 0 saturated heterocycles. The zero-order valence-corrected chi connectivity index (χ0v) is 11.6. The van der Waals surface area contributed by atoms with Crippen LogP contribution in [0.4, 0.5) is 4.79 Å². The fourth-order valence-corrected chi connectivity index (χ4v) is 1.37. The van der Waals surface area contributed by atoms with Crippen molar-refractivity contribution in [1.29, 1.82) is 5.26 Å². The van der Waals surface area contributed by atoms with Crippen molar-refractivity contribution >= 4 is 12.0 Å². The van der Waals surface area contributed by atoms with Gasteiger partial charge < -0.3 is 14.9 Å². The van der Waals surface area contributed by atoms with E-state index in [0.29, 0.717) is 0 Å². The van der Waals surface area contributed by atoms with Crippen molar-refractivity contribution in [2.24, 2.45) is 0 Å². The van der Waals surface area contributed by atoms with Gasteiger partial charge >= 0.3 is 12.0 Å². The molecule has 0 aliphatic heterocycles. The highest BCUT2D eigenvalue weighted by Gasteiger charge is 2.31. The monoisotopic (exact) mass is 255 g/mol. The topological polar surface area (TPSA) is 84.6 Å². The summed E-state index contributed by atoms with van der Waals surface area (Å²) < 4.78 is 0. The molecule has 0 aliphatic rings. The van der Waals surface area contributed by atoms with Gasteiger partial charge in [0.1, 0.15) is 6.54 Å². The van der Waals surface area contributed by atoms with E-state index in [1.807, 2.05) is 6.07 Å². The van der Waals surface area contributed by atoms with Gasteiger partial charge in [-0.3, -0.25) is 4.79 Å². The number of hydrogen-bond acceptors (Lipinski definition) is 3.